The molecule has 0 spiro atoms. The zero-order valence-corrected chi connectivity index (χ0v) is 9.61. The highest BCUT2D eigenvalue weighted by Gasteiger charge is 2.49. The van der Waals surface area contributed by atoms with E-state index in [0.29, 0.717) is 6.04 Å². The Labute approximate surface area is 96.0 Å². The third kappa shape index (κ3) is 1.55. The van der Waals surface area contributed by atoms with Gasteiger partial charge in [-0.2, -0.15) is 0 Å². The van der Waals surface area contributed by atoms with Crippen LogP contribution in [-0.2, 0) is 4.79 Å². The molecule has 0 aromatic carbocycles. The number of hydrogen-bond acceptors (Lipinski definition) is 3. The van der Waals surface area contributed by atoms with Crippen LogP contribution in [0.5, 0.6) is 0 Å². The second-order valence-electron chi connectivity index (χ2n) is 5.51. The Kier molecular flexibility index (Phi) is 2.44. The minimum Gasteiger partial charge on any atom is -0.394 e. The lowest BCUT2D eigenvalue weighted by Gasteiger charge is -2.47. The van der Waals surface area contributed by atoms with Crippen molar-refractivity contribution in [2.45, 2.75) is 56.1 Å². The van der Waals surface area contributed by atoms with E-state index >= 15 is 0 Å². The highest BCUT2D eigenvalue weighted by atomic mass is 16.3. The van der Waals surface area contributed by atoms with Crippen molar-refractivity contribution >= 4 is 5.91 Å². The normalized spacial score (nSPS) is 32.9. The van der Waals surface area contributed by atoms with E-state index in [1.807, 2.05) is 4.90 Å². The largest absolute Gasteiger partial charge is 0.394 e. The molecular weight excluding hydrogens is 204 g/mol. The highest BCUT2D eigenvalue weighted by molar-refractivity contribution is 5.85. The molecule has 0 aromatic rings. The number of nitrogens with zero attached hydrogens (tertiary/aromatic N) is 1. The Bertz CT molecular complexity index is 292. The van der Waals surface area contributed by atoms with E-state index < -0.39 is 0 Å². The third-order valence-electron chi connectivity index (χ3n) is 4.37. The fraction of sp³-hybridized carbons (Fsp3) is 0.917. The van der Waals surface area contributed by atoms with Crippen molar-refractivity contribution in [3.8, 4) is 0 Å². The Morgan fingerprint density at radius 2 is 2.12 bits per heavy atom. The first-order valence-corrected chi connectivity index (χ1v) is 6.44. The van der Waals surface area contributed by atoms with Crippen LogP contribution in [0.3, 0.4) is 0 Å². The predicted molar refractivity (Wildman–Crippen MR) is 59.9 cm³/mol. The number of nitrogens with one attached hydrogen (secondary N) is 1. The van der Waals surface area contributed by atoms with Crippen molar-refractivity contribution in [3.05, 3.63) is 0 Å². The van der Waals surface area contributed by atoms with Gasteiger partial charge < -0.3 is 15.3 Å². The highest BCUT2D eigenvalue weighted by Crippen LogP contribution is 2.40. The number of hydrogen-bond donors (Lipinski definition) is 2. The molecule has 1 heterocycles. The van der Waals surface area contributed by atoms with Gasteiger partial charge in [-0.3, -0.25) is 4.79 Å². The quantitative estimate of drug-likeness (QED) is 0.720. The number of aliphatic hydroxyl groups excluding tert-OH is 1. The van der Waals surface area contributed by atoms with E-state index in [1.54, 1.807) is 0 Å². The number of amides is 1. The van der Waals surface area contributed by atoms with Crippen molar-refractivity contribution in [3.63, 3.8) is 0 Å². The van der Waals surface area contributed by atoms with Gasteiger partial charge in [-0.05, 0) is 38.5 Å². The molecule has 2 N–H and O–H groups in total. The molecule has 2 saturated carbocycles. The minimum atomic E-state index is -0.197. The van der Waals surface area contributed by atoms with Gasteiger partial charge in [-0.1, -0.05) is 0 Å². The summed E-state index contributed by atoms with van der Waals surface area (Å²) in [5.41, 5.74) is -0.197. The average Bonchev–Trinajstić information content (AvgIpc) is 2.96. The first-order valence-electron chi connectivity index (χ1n) is 6.44. The zero-order valence-electron chi connectivity index (χ0n) is 9.61. The van der Waals surface area contributed by atoms with E-state index in [9.17, 15) is 9.90 Å². The van der Waals surface area contributed by atoms with Crippen molar-refractivity contribution < 1.29 is 9.90 Å². The summed E-state index contributed by atoms with van der Waals surface area (Å²) in [6.07, 6.45) is 6.45. The molecule has 16 heavy (non-hydrogen) atoms. The van der Waals surface area contributed by atoms with Gasteiger partial charge in [0, 0.05) is 12.6 Å². The number of aliphatic hydroxyl groups is 1. The van der Waals surface area contributed by atoms with E-state index in [2.05, 4.69) is 5.32 Å². The maximum Gasteiger partial charge on any atom is 0.240 e. The van der Waals surface area contributed by atoms with Gasteiger partial charge in [0.2, 0.25) is 5.91 Å². The van der Waals surface area contributed by atoms with Gasteiger partial charge in [0.1, 0.15) is 0 Å². The number of carbonyl (C=O) groups is 1. The molecule has 0 bridgehead atoms. The Hall–Kier alpha value is -0.610. The molecule has 3 fully saturated rings. The van der Waals surface area contributed by atoms with Crippen LogP contribution in [0.25, 0.3) is 0 Å². The van der Waals surface area contributed by atoms with Crippen LogP contribution in [0, 0.1) is 0 Å². The summed E-state index contributed by atoms with van der Waals surface area (Å²) in [5, 5.41) is 12.9. The summed E-state index contributed by atoms with van der Waals surface area (Å²) in [4.78, 5) is 14.2. The van der Waals surface area contributed by atoms with Gasteiger partial charge in [0.25, 0.3) is 0 Å². The molecule has 3 rings (SSSR count). The van der Waals surface area contributed by atoms with Gasteiger partial charge in [-0.15, -0.1) is 0 Å². The fourth-order valence-corrected chi connectivity index (χ4v) is 2.94. The topological polar surface area (TPSA) is 52.6 Å². The molecule has 4 nitrogen and oxygen atoms in total. The van der Waals surface area contributed by atoms with Crippen LogP contribution in [0.2, 0.25) is 0 Å². The van der Waals surface area contributed by atoms with Crippen LogP contribution in [0.15, 0.2) is 0 Å². The van der Waals surface area contributed by atoms with Crippen molar-refractivity contribution in [1.82, 2.24) is 10.2 Å². The second kappa shape index (κ2) is 3.70. The van der Waals surface area contributed by atoms with Crippen molar-refractivity contribution in [2.24, 2.45) is 0 Å². The molecule has 90 valence electrons. The summed E-state index contributed by atoms with van der Waals surface area (Å²) in [5.74, 6) is 0.223. The lowest BCUT2D eigenvalue weighted by Crippen LogP contribution is -2.58. The van der Waals surface area contributed by atoms with E-state index in [4.69, 9.17) is 0 Å². The minimum absolute atomic E-state index is 0.0246. The van der Waals surface area contributed by atoms with Crippen LogP contribution in [0.4, 0.5) is 0 Å². The van der Waals surface area contributed by atoms with E-state index in [-0.39, 0.29) is 24.1 Å². The van der Waals surface area contributed by atoms with Crippen LogP contribution >= 0.6 is 0 Å². The van der Waals surface area contributed by atoms with Gasteiger partial charge in [0.05, 0.1) is 18.2 Å². The molecule has 0 radical (unpaired) electrons. The van der Waals surface area contributed by atoms with Gasteiger partial charge in [-0.25, -0.2) is 0 Å². The van der Waals surface area contributed by atoms with E-state index in [0.717, 1.165) is 32.2 Å². The average molecular weight is 224 g/mol. The fourth-order valence-electron chi connectivity index (χ4n) is 2.94. The lowest BCUT2D eigenvalue weighted by molar-refractivity contribution is -0.141. The molecule has 4 heteroatoms. The molecule has 1 unspecified atom stereocenters. The maximum atomic E-state index is 12.2. The first kappa shape index (κ1) is 10.5. The summed E-state index contributed by atoms with van der Waals surface area (Å²) in [7, 11) is 0. The van der Waals surface area contributed by atoms with Gasteiger partial charge in [0.15, 0.2) is 0 Å². The monoisotopic (exact) mass is 224 g/mol. The summed E-state index contributed by atoms with van der Waals surface area (Å²) < 4.78 is 0. The maximum absolute atomic E-state index is 12.2. The second-order valence-corrected chi connectivity index (χ2v) is 5.51. The summed E-state index contributed by atoms with van der Waals surface area (Å²) in [6, 6.07) is 0.608. The summed E-state index contributed by atoms with van der Waals surface area (Å²) in [6.45, 7) is 0.957. The molecule has 1 atom stereocenters. The van der Waals surface area contributed by atoms with Crippen molar-refractivity contribution in [2.75, 3.05) is 13.2 Å². The van der Waals surface area contributed by atoms with Gasteiger partial charge >= 0.3 is 0 Å². The lowest BCUT2D eigenvalue weighted by atomic mass is 9.76. The first-order chi connectivity index (χ1) is 7.75. The molecule has 2 aliphatic carbocycles. The van der Waals surface area contributed by atoms with Crippen molar-refractivity contribution in [1.29, 1.82) is 0 Å². The standard InChI is InChI=1S/C12H20N2O2/c15-8-12(5-1-6-12)14-7-4-10(11(14)16)13-9-2-3-9/h9-10,13,15H,1-8H2. The molecule has 1 amide bonds. The predicted octanol–water partition coefficient (Wildman–Crippen LogP) is 0.254. The van der Waals surface area contributed by atoms with Crippen LogP contribution < -0.4 is 5.32 Å². The Morgan fingerprint density at radius 3 is 2.62 bits per heavy atom. The zero-order chi connectivity index (χ0) is 11.2. The number of carbonyl (C=O) groups excluding carboxylic acids is 1. The Balaban J connectivity index is 1.66. The molecule has 3 aliphatic rings. The van der Waals surface area contributed by atoms with Crippen LogP contribution in [0.1, 0.15) is 38.5 Å². The molecule has 1 saturated heterocycles. The van der Waals surface area contributed by atoms with Crippen LogP contribution in [-0.4, -0.2) is 46.7 Å². The third-order valence-corrected chi connectivity index (χ3v) is 4.37. The summed E-state index contributed by atoms with van der Waals surface area (Å²) >= 11 is 0. The SMILES string of the molecule is O=C1C(NC2CC2)CCN1C1(CO)CCC1. The number of likely N-dealkylation sites (tertiary alicyclic amines) is 1. The number of rotatable bonds is 4. The Morgan fingerprint density at radius 1 is 1.38 bits per heavy atom. The molecular formula is C12H20N2O2. The van der Waals surface area contributed by atoms with E-state index in [1.165, 1.54) is 12.8 Å². The smallest absolute Gasteiger partial charge is 0.240 e. The molecule has 0 aromatic heterocycles. The molecule has 1 aliphatic heterocycles.